The van der Waals surface area contributed by atoms with E-state index in [4.69, 9.17) is 0 Å². The number of amides is 2. The lowest BCUT2D eigenvalue weighted by Gasteiger charge is -2.31. The summed E-state index contributed by atoms with van der Waals surface area (Å²) in [6.45, 7) is 7.97. The van der Waals surface area contributed by atoms with Gasteiger partial charge in [0.15, 0.2) is 0 Å². The number of hydrogen-bond donors (Lipinski definition) is 1. The fourth-order valence-electron chi connectivity index (χ4n) is 2.67. The molecule has 0 radical (unpaired) electrons. The standard InChI is InChI=1S/C17H24N2O2/c1-12-4-5-16(10-13(12)2)17(21)18-11-15-6-8-19(9-7-15)14(3)20/h4-5,10,15H,6-9,11H2,1-3H3,(H,18,21). The number of nitrogens with zero attached hydrogens (tertiary/aromatic N) is 1. The predicted octanol–water partition coefficient (Wildman–Crippen LogP) is 2.29. The summed E-state index contributed by atoms with van der Waals surface area (Å²) >= 11 is 0. The zero-order valence-electron chi connectivity index (χ0n) is 13.1. The largest absolute Gasteiger partial charge is 0.352 e. The average molecular weight is 288 g/mol. The third-order valence-electron chi connectivity index (χ3n) is 4.38. The molecule has 0 saturated carbocycles. The lowest BCUT2D eigenvalue weighted by molar-refractivity contribution is -0.130. The van der Waals surface area contributed by atoms with E-state index in [9.17, 15) is 9.59 Å². The van der Waals surface area contributed by atoms with Crippen LogP contribution in [0.5, 0.6) is 0 Å². The maximum atomic E-state index is 12.1. The summed E-state index contributed by atoms with van der Waals surface area (Å²) in [4.78, 5) is 25.3. The Morgan fingerprint density at radius 2 is 1.86 bits per heavy atom. The van der Waals surface area contributed by atoms with Crippen LogP contribution in [0.2, 0.25) is 0 Å². The first-order chi connectivity index (χ1) is 9.97. The van der Waals surface area contributed by atoms with E-state index in [1.807, 2.05) is 36.9 Å². The van der Waals surface area contributed by atoms with Gasteiger partial charge in [-0.1, -0.05) is 6.07 Å². The van der Waals surface area contributed by atoms with Gasteiger partial charge in [-0.05, 0) is 55.9 Å². The van der Waals surface area contributed by atoms with Gasteiger partial charge < -0.3 is 10.2 Å². The van der Waals surface area contributed by atoms with E-state index < -0.39 is 0 Å². The number of piperidine rings is 1. The summed E-state index contributed by atoms with van der Waals surface area (Å²) in [5.74, 6) is 0.607. The Labute approximate surface area is 126 Å². The number of likely N-dealkylation sites (tertiary alicyclic amines) is 1. The highest BCUT2D eigenvalue weighted by Crippen LogP contribution is 2.16. The quantitative estimate of drug-likeness (QED) is 0.927. The van der Waals surface area contributed by atoms with Gasteiger partial charge >= 0.3 is 0 Å². The molecular weight excluding hydrogens is 264 g/mol. The van der Waals surface area contributed by atoms with E-state index in [0.717, 1.165) is 37.1 Å². The highest BCUT2D eigenvalue weighted by atomic mass is 16.2. The Kier molecular flexibility index (Phi) is 4.99. The summed E-state index contributed by atoms with van der Waals surface area (Å²) in [7, 11) is 0. The molecule has 0 unspecified atom stereocenters. The Bertz CT molecular complexity index is 532. The predicted molar refractivity (Wildman–Crippen MR) is 83.2 cm³/mol. The molecule has 0 spiro atoms. The monoisotopic (exact) mass is 288 g/mol. The highest BCUT2D eigenvalue weighted by molar-refractivity contribution is 5.94. The lowest BCUT2D eigenvalue weighted by atomic mass is 9.96. The summed E-state index contributed by atoms with van der Waals surface area (Å²) < 4.78 is 0. The van der Waals surface area contributed by atoms with Gasteiger partial charge in [0.05, 0.1) is 0 Å². The van der Waals surface area contributed by atoms with Gasteiger partial charge in [0.1, 0.15) is 0 Å². The highest BCUT2D eigenvalue weighted by Gasteiger charge is 2.21. The van der Waals surface area contributed by atoms with Crippen LogP contribution in [0.15, 0.2) is 18.2 Å². The molecule has 1 N–H and O–H groups in total. The molecule has 0 atom stereocenters. The van der Waals surface area contributed by atoms with Crippen molar-refractivity contribution in [1.82, 2.24) is 10.2 Å². The van der Waals surface area contributed by atoms with Crippen molar-refractivity contribution in [3.8, 4) is 0 Å². The molecule has 4 nitrogen and oxygen atoms in total. The van der Waals surface area contributed by atoms with Crippen LogP contribution in [-0.4, -0.2) is 36.3 Å². The molecular formula is C17H24N2O2. The van der Waals surface area contributed by atoms with Crippen molar-refractivity contribution >= 4 is 11.8 Å². The van der Waals surface area contributed by atoms with Crippen molar-refractivity contribution in [2.45, 2.75) is 33.6 Å². The zero-order valence-corrected chi connectivity index (χ0v) is 13.1. The number of carbonyl (C=O) groups is 2. The molecule has 1 aliphatic rings. The van der Waals surface area contributed by atoms with Crippen LogP contribution < -0.4 is 5.32 Å². The van der Waals surface area contributed by atoms with Gasteiger partial charge in [0, 0.05) is 32.1 Å². The number of nitrogens with one attached hydrogen (secondary N) is 1. The fraction of sp³-hybridized carbons (Fsp3) is 0.529. The van der Waals surface area contributed by atoms with Crippen molar-refractivity contribution in [3.63, 3.8) is 0 Å². The first kappa shape index (κ1) is 15.5. The smallest absolute Gasteiger partial charge is 0.251 e. The van der Waals surface area contributed by atoms with Gasteiger partial charge in [-0.15, -0.1) is 0 Å². The number of hydrogen-bond acceptors (Lipinski definition) is 2. The van der Waals surface area contributed by atoms with E-state index in [1.54, 1.807) is 6.92 Å². The van der Waals surface area contributed by atoms with E-state index in [0.29, 0.717) is 12.5 Å². The van der Waals surface area contributed by atoms with Gasteiger partial charge in [-0.3, -0.25) is 9.59 Å². The third-order valence-corrected chi connectivity index (χ3v) is 4.38. The zero-order chi connectivity index (χ0) is 15.4. The van der Waals surface area contributed by atoms with E-state index >= 15 is 0 Å². The molecule has 0 aliphatic carbocycles. The minimum atomic E-state index is -0.00732. The summed E-state index contributed by atoms with van der Waals surface area (Å²) in [5.41, 5.74) is 3.06. The van der Waals surface area contributed by atoms with Crippen LogP contribution in [0, 0.1) is 19.8 Å². The van der Waals surface area contributed by atoms with E-state index in [-0.39, 0.29) is 11.8 Å². The maximum absolute atomic E-state index is 12.1. The van der Waals surface area contributed by atoms with E-state index in [2.05, 4.69) is 5.32 Å². The molecule has 1 aliphatic heterocycles. The molecule has 1 aromatic carbocycles. The van der Waals surface area contributed by atoms with Crippen LogP contribution >= 0.6 is 0 Å². The molecule has 1 saturated heterocycles. The molecule has 1 heterocycles. The lowest BCUT2D eigenvalue weighted by Crippen LogP contribution is -2.40. The molecule has 0 aromatic heterocycles. The molecule has 2 amide bonds. The maximum Gasteiger partial charge on any atom is 0.251 e. The van der Waals surface area contributed by atoms with Crippen molar-refractivity contribution < 1.29 is 9.59 Å². The number of carbonyl (C=O) groups excluding carboxylic acids is 2. The Balaban J connectivity index is 1.82. The van der Waals surface area contributed by atoms with Crippen LogP contribution in [0.1, 0.15) is 41.3 Å². The molecule has 1 fully saturated rings. The van der Waals surface area contributed by atoms with Gasteiger partial charge in [-0.2, -0.15) is 0 Å². The molecule has 4 heteroatoms. The topological polar surface area (TPSA) is 49.4 Å². The van der Waals surface area contributed by atoms with E-state index in [1.165, 1.54) is 5.56 Å². The first-order valence-electron chi connectivity index (χ1n) is 7.58. The van der Waals surface area contributed by atoms with Gasteiger partial charge in [0.25, 0.3) is 5.91 Å². The van der Waals surface area contributed by atoms with Crippen molar-refractivity contribution in [2.75, 3.05) is 19.6 Å². The second kappa shape index (κ2) is 6.74. The fourth-order valence-corrected chi connectivity index (χ4v) is 2.67. The van der Waals surface area contributed by atoms with Crippen LogP contribution in [-0.2, 0) is 4.79 Å². The number of rotatable bonds is 3. The number of benzene rings is 1. The first-order valence-corrected chi connectivity index (χ1v) is 7.58. The molecule has 1 aromatic rings. The third kappa shape index (κ3) is 4.06. The minimum absolute atomic E-state index is 0.00732. The normalized spacial score (nSPS) is 15.9. The van der Waals surface area contributed by atoms with Gasteiger partial charge in [0.2, 0.25) is 5.91 Å². The molecule has 114 valence electrons. The SMILES string of the molecule is CC(=O)N1CCC(CNC(=O)c2ccc(C)c(C)c2)CC1. The summed E-state index contributed by atoms with van der Waals surface area (Å²) in [6.07, 6.45) is 1.93. The average Bonchev–Trinajstić information content (AvgIpc) is 2.48. The van der Waals surface area contributed by atoms with Crippen LogP contribution in [0.3, 0.4) is 0 Å². The van der Waals surface area contributed by atoms with Crippen LogP contribution in [0.4, 0.5) is 0 Å². The van der Waals surface area contributed by atoms with Crippen LogP contribution in [0.25, 0.3) is 0 Å². The minimum Gasteiger partial charge on any atom is -0.352 e. The summed E-state index contributed by atoms with van der Waals surface area (Å²) in [5, 5.41) is 3.02. The van der Waals surface area contributed by atoms with Crippen molar-refractivity contribution in [1.29, 1.82) is 0 Å². The molecule has 21 heavy (non-hydrogen) atoms. The summed E-state index contributed by atoms with van der Waals surface area (Å²) in [6, 6.07) is 5.79. The van der Waals surface area contributed by atoms with Crippen molar-refractivity contribution in [2.24, 2.45) is 5.92 Å². The molecule has 0 bridgehead atoms. The Hall–Kier alpha value is -1.84. The second-order valence-electron chi connectivity index (χ2n) is 5.96. The second-order valence-corrected chi connectivity index (χ2v) is 5.96. The van der Waals surface area contributed by atoms with Crippen molar-refractivity contribution in [3.05, 3.63) is 34.9 Å². The number of aryl methyl sites for hydroxylation is 2. The molecule has 2 rings (SSSR count). The van der Waals surface area contributed by atoms with Gasteiger partial charge in [-0.25, -0.2) is 0 Å². The Morgan fingerprint density at radius 1 is 1.19 bits per heavy atom. The Morgan fingerprint density at radius 3 is 2.43 bits per heavy atom.